The third-order valence-electron chi connectivity index (χ3n) is 4.45. The minimum Gasteiger partial charge on any atom is -0.357 e. The second-order valence-corrected chi connectivity index (χ2v) is 11.3. The molecule has 1 atom stereocenters. The zero-order chi connectivity index (χ0) is 20.8. The van der Waals surface area contributed by atoms with E-state index in [1.165, 1.54) is 10.6 Å². The Labute approximate surface area is 191 Å². The Morgan fingerprint density at radius 3 is 2.55 bits per heavy atom. The number of sulfonamides is 1. The summed E-state index contributed by atoms with van der Waals surface area (Å²) in [6, 6.07) is 7.44. The van der Waals surface area contributed by atoms with Crippen LogP contribution in [0.15, 0.2) is 29.3 Å². The van der Waals surface area contributed by atoms with Crippen molar-refractivity contribution < 1.29 is 16.8 Å². The third kappa shape index (κ3) is 8.28. The summed E-state index contributed by atoms with van der Waals surface area (Å²) in [5.74, 6) is 0.486. The van der Waals surface area contributed by atoms with Crippen molar-refractivity contribution in [1.29, 1.82) is 0 Å². The van der Waals surface area contributed by atoms with Gasteiger partial charge in [-0.1, -0.05) is 18.2 Å². The fourth-order valence-corrected chi connectivity index (χ4v) is 5.17. The predicted octanol–water partition coefficient (Wildman–Crippen LogP) is 1.38. The van der Waals surface area contributed by atoms with Gasteiger partial charge in [-0.3, -0.25) is 9.30 Å². The Kier molecular flexibility index (Phi) is 10.2. The highest BCUT2D eigenvalue weighted by Gasteiger charge is 2.28. The van der Waals surface area contributed by atoms with Gasteiger partial charge in [0, 0.05) is 25.4 Å². The van der Waals surface area contributed by atoms with E-state index in [1.54, 1.807) is 0 Å². The zero-order valence-electron chi connectivity index (χ0n) is 17.1. The van der Waals surface area contributed by atoms with Crippen molar-refractivity contribution >= 4 is 55.5 Å². The van der Waals surface area contributed by atoms with Crippen LogP contribution in [0.2, 0.25) is 0 Å². The summed E-state index contributed by atoms with van der Waals surface area (Å²) in [7, 11) is -6.47. The Bertz CT molecular complexity index is 904. The van der Waals surface area contributed by atoms with E-state index in [9.17, 15) is 16.8 Å². The first-order chi connectivity index (χ1) is 13.1. The Morgan fingerprint density at radius 1 is 1.21 bits per heavy atom. The maximum Gasteiger partial charge on any atom is 0.237 e. The second-order valence-electron chi connectivity index (χ2n) is 6.99. The van der Waals surface area contributed by atoms with Crippen LogP contribution in [0.25, 0.3) is 0 Å². The van der Waals surface area contributed by atoms with Crippen molar-refractivity contribution in [3.8, 4) is 0 Å². The van der Waals surface area contributed by atoms with Crippen LogP contribution in [-0.2, 0) is 26.3 Å². The molecule has 0 aliphatic carbocycles. The smallest absolute Gasteiger partial charge is 0.237 e. The molecule has 0 bridgehead atoms. The highest BCUT2D eigenvalue weighted by Crippen LogP contribution is 2.29. The molecule has 8 nitrogen and oxygen atoms in total. The maximum atomic E-state index is 12.7. The molecule has 0 spiro atoms. The van der Waals surface area contributed by atoms with Crippen molar-refractivity contribution in [1.82, 2.24) is 10.6 Å². The van der Waals surface area contributed by atoms with E-state index in [4.69, 9.17) is 0 Å². The number of benzene rings is 1. The van der Waals surface area contributed by atoms with Gasteiger partial charge in [-0.2, -0.15) is 0 Å². The summed E-state index contributed by atoms with van der Waals surface area (Å²) in [5, 5.41) is 6.19. The van der Waals surface area contributed by atoms with Gasteiger partial charge >= 0.3 is 0 Å². The number of hydrogen-bond donors (Lipinski definition) is 2. The molecule has 29 heavy (non-hydrogen) atoms. The first-order valence-corrected chi connectivity index (χ1v) is 13.1. The molecule has 0 fully saturated rings. The van der Waals surface area contributed by atoms with Crippen LogP contribution >= 0.6 is 24.0 Å². The number of fused-ring (bicyclic) bond motifs is 1. The van der Waals surface area contributed by atoms with Crippen molar-refractivity contribution in [2.24, 2.45) is 4.99 Å². The number of anilines is 1. The molecule has 0 saturated carbocycles. The highest BCUT2D eigenvalue weighted by atomic mass is 127. The van der Waals surface area contributed by atoms with Crippen LogP contribution in [0.5, 0.6) is 0 Å². The van der Waals surface area contributed by atoms with Crippen LogP contribution in [0.1, 0.15) is 25.8 Å². The number of halogens is 1. The van der Waals surface area contributed by atoms with Crippen molar-refractivity contribution in [3.63, 3.8) is 0 Å². The van der Waals surface area contributed by atoms with E-state index in [2.05, 4.69) is 15.6 Å². The van der Waals surface area contributed by atoms with Crippen LogP contribution < -0.4 is 14.9 Å². The first kappa shape index (κ1) is 26.0. The lowest BCUT2D eigenvalue weighted by Crippen LogP contribution is -2.43. The van der Waals surface area contributed by atoms with Gasteiger partial charge in [0.15, 0.2) is 5.96 Å². The number of rotatable bonds is 9. The van der Waals surface area contributed by atoms with E-state index in [-0.39, 0.29) is 48.1 Å². The largest absolute Gasteiger partial charge is 0.357 e. The molecule has 11 heteroatoms. The summed E-state index contributed by atoms with van der Waals surface area (Å²) >= 11 is 0. The van der Waals surface area contributed by atoms with Gasteiger partial charge in [-0.25, -0.2) is 16.8 Å². The number of nitrogens with zero attached hydrogens (tertiary/aromatic N) is 2. The summed E-state index contributed by atoms with van der Waals surface area (Å²) in [5.41, 5.74) is 1.80. The minimum absolute atomic E-state index is 0. The fourth-order valence-electron chi connectivity index (χ4n) is 3.00. The third-order valence-corrected chi connectivity index (χ3v) is 7.18. The molecule has 0 aromatic heterocycles. The average Bonchev–Trinajstić information content (AvgIpc) is 3.04. The lowest BCUT2D eigenvalue weighted by molar-refractivity contribution is 0.580. The number of nitrogens with one attached hydrogen (secondary N) is 2. The van der Waals surface area contributed by atoms with Gasteiger partial charge in [-0.15, -0.1) is 24.0 Å². The molecule has 0 amide bonds. The van der Waals surface area contributed by atoms with E-state index >= 15 is 0 Å². The van der Waals surface area contributed by atoms with Crippen molar-refractivity contribution in [2.45, 2.75) is 32.7 Å². The topological polar surface area (TPSA) is 108 Å². The monoisotopic (exact) mass is 558 g/mol. The van der Waals surface area contributed by atoms with Gasteiger partial charge in [0.2, 0.25) is 10.0 Å². The summed E-state index contributed by atoms with van der Waals surface area (Å²) in [6.45, 7) is 4.99. The molecule has 1 aromatic carbocycles. The molecule has 1 aliphatic rings. The first-order valence-electron chi connectivity index (χ1n) is 9.43. The summed E-state index contributed by atoms with van der Waals surface area (Å²) in [4.78, 5) is 4.35. The Morgan fingerprint density at radius 2 is 1.90 bits per heavy atom. The predicted molar refractivity (Wildman–Crippen MR) is 130 cm³/mol. The van der Waals surface area contributed by atoms with E-state index < -0.39 is 19.9 Å². The zero-order valence-corrected chi connectivity index (χ0v) is 21.1. The molecule has 0 saturated heterocycles. The summed E-state index contributed by atoms with van der Waals surface area (Å²) < 4.78 is 49.5. The van der Waals surface area contributed by atoms with Gasteiger partial charge in [0.1, 0.15) is 9.84 Å². The number of aliphatic imine (C=N–C) groups is 1. The lowest BCUT2D eigenvalue weighted by Gasteiger charge is -2.20. The Balaban J connectivity index is 0.00000420. The van der Waals surface area contributed by atoms with Crippen LogP contribution in [0, 0.1) is 0 Å². The normalized spacial score (nSPS) is 15.4. The maximum absolute atomic E-state index is 12.7. The molecule has 1 unspecified atom stereocenters. The SMILES string of the molecule is CCNC(=NCCS(=O)(=O)N1CCc2ccccc21)NC(C)CCS(C)(=O)=O.I. The highest BCUT2D eigenvalue weighted by molar-refractivity contribution is 14.0. The van der Waals surface area contributed by atoms with Crippen molar-refractivity contribution in [3.05, 3.63) is 29.8 Å². The molecule has 166 valence electrons. The number of para-hydroxylation sites is 1. The molecular weight excluding hydrogens is 527 g/mol. The molecular formula is C18H31IN4O4S2. The molecule has 1 heterocycles. The molecule has 1 aliphatic heterocycles. The van der Waals surface area contributed by atoms with Crippen molar-refractivity contribution in [2.75, 3.05) is 41.7 Å². The fraction of sp³-hybridized carbons (Fsp3) is 0.611. The summed E-state index contributed by atoms with van der Waals surface area (Å²) in [6.07, 6.45) is 2.38. The number of sulfone groups is 1. The Hall–Kier alpha value is -1.08. The van der Waals surface area contributed by atoms with E-state index in [0.717, 1.165) is 17.7 Å². The standard InChI is InChI=1S/C18H30N4O4S2.HI/c1-4-19-18(21-15(2)10-13-27(3,23)24)20-11-14-28(25,26)22-12-9-16-7-5-6-8-17(16)22;/h5-8,15H,4,9-14H2,1-3H3,(H2,19,20,21);1H. The average molecular weight is 559 g/mol. The van der Waals surface area contributed by atoms with E-state index in [0.29, 0.717) is 25.5 Å². The molecule has 2 rings (SSSR count). The number of hydrogen-bond acceptors (Lipinski definition) is 5. The van der Waals surface area contributed by atoms with Gasteiger partial charge in [0.05, 0.1) is 23.7 Å². The lowest BCUT2D eigenvalue weighted by atomic mass is 10.2. The number of guanidine groups is 1. The van der Waals surface area contributed by atoms with Gasteiger partial charge < -0.3 is 10.6 Å². The van der Waals surface area contributed by atoms with Gasteiger partial charge in [-0.05, 0) is 38.3 Å². The van der Waals surface area contributed by atoms with Gasteiger partial charge in [0.25, 0.3) is 0 Å². The van der Waals surface area contributed by atoms with E-state index in [1.807, 2.05) is 38.1 Å². The van der Waals surface area contributed by atoms with Crippen LogP contribution in [-0.4, -0.2) is 66.2 Å². The van der Waals surface area contributed by atoms with Crippen LogP contribution in [0.4, 0.5) is 5.69 Å². The second kappa shape index (κ2) is 11.3. The molecule has 2 N–H and O–H groups in total. The van der Waals surface area contributed by atoms with Crippen LogP contribution in [0.3, 0.4) is 0 Å². The quantitative estimate of drug-likeness (QED) is 0.270. The molecule has 1 aromatic rings. The molecule has 0 radical (unpaired) electrons. The minimum atomic E-state index is -3.45.